The van der Waals surface area contributed by atoms with Crippen LogP contribution in [0.5, 0.6) is 0 Å². The van der Waals surface area contributed by atoms with Gasteiger partial charge in [0.1, 0.15) is 14.5 Å². The highest BCUT2D eigenvalue weighted by atomic mass is 32.3. The average Bonchev–Trinajstić information content (AvgIpc) is 3.34. The third kappa shape index (κ3) is 7.99. The fraction of sp³-hybridized carbons (Fsp3) is 0.828. The van der Waals surface area contributed by atoms with Gasteiger partial charge in [-0.25, -0.2) is 16.8 Å². The predicted molar refractivity (Wildman–Crippen MR) is 165 cm³/mol. The number of fused-ring (bicyclic) bond motifs is 1. The summed E-state index contributed by atoms with van der Waals surface area (Å²) in [6.45, 7) is 21.0. The molecular formula is C29H52N2O7S3. The number of hydrogen-bond donors (Lipinski definition) is 3. The van der Waals surface area contributed by atoms with Crippen molar-refractivity contribution in [1.82, 2.24) is 10.0 Å². The smallest absolute Gasteiger partial charge is 0.251 e. The van der Waals surface area contributed by atoms with Crippen molar-refractivity contribution in [2.75, 3.05) is 6.54 Å². The lowest BCUT2D eigenvalue weighted by Gasteiger charge is -2.41. The number of hydrogen-bond acceptors (Lipinski definition) is 9. The zero-order chi connectivity index (χ0) is 31.8. The number of aliphatic hydroxyl groups excluding tert-OH is 1. The highest BCUT2D eigenvalue weighted by Gasteiger charge is 2.44. The van der Waals surface area contributed by atoms with Gasteiger partial charge in [-0.3, -0.25) is 4.79 Å². The van der Waals surface area contributed by atoms with Gasteiger partial charge in [-0.1, -0.05) is 54.9 Å². The van der Waals surface area contributed by atoms with Crippen molar-refractivity contribution in [3.05, 3.63) is 11.6 Å². The number of rotatable bonds is 15. The van der Waals surface area contributed by atoms with E-state index in [0.717, 1.165) is 24.2 Å². The lowest BCUT2D eigenvalue weighted by molar-refractivity contribution is -0.149. The minimum Gasteiger partial charge on any atom is -0.390 e. The average molecular weight is 637 g/mol. The fourth-order valence-corrected chi connectivity index (χ4v) is 11.3. The number of carbonyl (C=O) groups is 1. The zero-order valence-electron chi connectivity index (χ0n) is 26.6. The van der Waals surface area contributed by atoms with E-state index in [2.05, 4.69) is 30.8 Å². The van der Waals surface area contributed by atoms with Crippen molar-refractivity contribution in [2.24, 2.45) is 10.8 Å². The van der Waals surface area contributed by atoms with Crippen LogP contribution in [-0.4, -0.2) is 63.4 Å². The molecule has 0 aromatic carbocycles. The molecule has 2 rings (SSSR count). The second-order valence-corrected chi connectivity index (χ2v) is 18.8. The SMILES string of the molecule is CCN[C@H]1C[C@H](C)S(=O)(=O)c2sc(S(=O)(=O)NC(C)(CC)C(=O)[C@H](C)OC(C)C(O)C(C)(C)CC(C)(C)CC)cc21. The van der Waals surface area contributed by atoms with Gasteiger partial charge in [-0.15, -0.1) is 11.3 Å². The largest absolute Gasteiger partial charge is 0.390 e. The number of sulfonamides is 1. The van der Waals surface area contributed by atoms with Gasteiger partial charge in [0.25, 0.3) is 10.0 Å². The van der Waals surface area contributed by atoms with Crippen LogP contribution in [0, 0.1) is 10.8 Å². The molecular weight excluding hydrogens is 585 g/mol. The van der Waals surface area contributed by atoms with Crippen LogP contribution < -0.4 is 10.0 Å². The van der Waals surface area contributed by atoms with Crippen molar-refractivity contribution < 1.29 is 31.5 Å². The summed E-state index contributed by atoms with van der Waals surface area (Å²) in [6, 6.07) is 1.14. The molecule has 0 saturated heterocycles. The summed E-state index contributed by atoms with van der Waals surface area (Å²) in [5, 5.41) is 13.7. The maximum absolute atomic E-state index is 13.6. The Morgan fingerprint density at radius 2 is 1.73 bits per heavy atom. The molecule has 1 aromatic heterocycles. The molecule has 0 amide bonds. The molecule has 6 atom stereocenters. The van der Waals surface area contributed by atoms with Crippen LogP contribution in [0.3, 0.4) is 0 Å². The number of ketones is 1. The number of carbonyl (C=O) groups excluding carboxylic acids is 1. The number of sulfone groups is 1. The molecule has 9 nitrogen and oxygen atoms in total. The summed E-state index contributed by atoms with van der Waals surface area (Å²) in [4.78, 5) is 13.6. The summed E-state index contributed by atoms with van der Waals surface area (Å²) in [7, 11) is -7.91. The maximum atomic E-state index is 13.6. The summed E-state index contributed by atoms with van der Waals surface area (Å²) >= 11 is 0.723. The van der Waals surface area contributed by atoms with E-state index in [0.29, 0.717) is 18.5 Å². The summed E-state index contributed by atoms with van der Waals surface area (Å²) in [6.07, 6.45) is -0.313. The Labute approximate surface area is 252 Å². The number of nitrogens with one attached hydrogen (secondary N) is 2. The molecule has 0 spiro atoms. The molecule has 0 bridgehead atoms. The highest BCUT2D eigenvalue weighted by molar-refractivity contribution is 7.95. The van der Waals surface area contributed by atoms with Gasteiger partial charge >= 0.3 is 0 Å². The van der Waals surface area contributed by atoms with Crippen LogP contribution in [0.25, 0.3) is 0 Å². The lowest BCUT2D eigenvalue weighted by atomic mass is 9.70. The Bertz CT molecular complexity index is 1290. The third-order valence-electron chi connectivity index (χ3n) is 8.68. The maximum Gasteiger partial charge on any atom is 0.251 e. The first-order valence-corrected chi connectivity index (χ1v) is 18.5. The molecule has 0 saturated carbocycles. The molecule has 2 heterocycles. The van der Waals surface area contributed by atoms with Crippen molar-refractivity contribution in [3.63, 3.8) is 0 Å². The monoisotopic (exact) mass is 636 g/mol. The van der Waals surface area contributed by atoms with Crippen molar-refractivity contribution >= 4 is 37.0 Å². The minimum atomic E-state index is -4.25. The van der Waals surface area contributed by atoms with Crippen molar-refractivity contribution in [3.8, 4) is 0 Å². The van der Waals surface area contributed by atoms with Crippen LogP contribution in [0.1, 0.15) is 113 Å². The van der Waals surface area contributed by atoms with Crippen LogP contribution in [0.4, 0.5) is 0 Å². The molecule has 0 radical (unpaired) electrons. The molecule has 238 valence electrons. The van der Waals surface area contributed by atoms with Crippen molar-refractivity contribution in [1.29, 1.82) is 0 Å². The molecule has 0 fully saturated rings. The summed E-state index contributed by atoms with van der Waals surface area (Å²) in [5.74, 6) is -0.470. The topological polar surface area (TPSA) is 139 Å². The van der Waals surface area contributed by atoms with Gasteiger partial charge < -0.3 is 15.2 Å². The number of thiophene rings is 1. The standard InChI is InChI=1S/C29H52N2O7S3/c1-12-27(7,8)17-28(9,10)24(32)19(5)38-20(6)25(33)29(11,13-2)31-41(36,37)23-16-21-22(30-14-3)15-18(4)40(34,35)26(21)39-23/h16,18-20,22,24,30-32H,12-15,17H2,1-11H3/t18-,19?,20-,22-,24?,29?/m0/s1. The lowest BCUT2D eigenvalue weighted by Crippen LogP contribution is -2.56. The van der Waals surface area contributed by atoms with E-state index in [1.807, 2.05) is 20.8 Å². The van der Waals surface area contributed by atoms with E-state index in [4.69, 9.17) is 4.74 Å². The van der Waals surface area contributed by atoms with E-state index in [1.54, 1.807) is 27.7 Å². The van der Waals surface area contributed by atoms with Gasteiger partial charge in [0.2, 0.25) is 0 Å². The van der Waals surface area contributed by atoms with E-state index < -0.39 is 60.2 Å². The Morgan fingerprint density at radius 3 is 2.24 bits per heavy atom. The van der Waals surface area contributed by atoms with E-state index >= 15 is 0 Å². The first-order valence-electron chi connectivity index (χ1n) is 14.6. The Kier molecular flexibility index (Phi) is 11.5. The van der Waals surface area contributed by atoms with E-state index in [-0.39, 0.29) is 26.3 Å². The van der Waals surface area contributed by atoms with E-state index in [1.165, 1.54) is 13.0 Å². The first-order chi connectivity index (χ1) is 18.6. The molecule has 41 heavy (non-hydrogen) atoms. The van der Waals surface area contributed by atoms with Crippen LogP contribution in [0.2, 0.25) is 0 Å². The molecule has 3 unspecified atom stereocenters. The quantitative estimate of drug-likeness (QED) is 0.245. The van der Waals surface area contributed by atoms with E-state index in [9.17, 15) is 26.7 Å². The predicted octanol–water partition coefficient (Wildman–Crippen LogP) is 4.99. The summed E-state index contributed by atoms with van der Waals surface area (Å²) < 4.78 is 61.7. The van der Waals surface area contributed by atoms with Gasteiger partial charge in [0.05, 0.1) is 23.0 Å². The Balaban J connectivity index is 2.29. The Hall–Kier alpha value is -0.890. The molecule has 12 heteroatoms. The number of ether oxygens (including phenoxy) is 1. The van der Waals surface area contributed by atoms with Gasteiger partial charge in [-0.2, -0.15) is 4.72 Å². The van der Waals surface area contributed by atoms with Crippen LogP contribution in [-0.2, 0) is 29.4 Å². The molecule has 1 aliphatic rings. The Morgan fingerprint density at radius 1 is 1.15 bits per heavy atom. The van der Waals surface area contributed by atoms with Crippen molar-refractivity contribution in [2.45, 2.75) is 145 Å². The molecule has 3 N–H and O–H groups in total. The minimum absolute atomic E-state index is 0.0235. The fourth-order valence-electron chi connectivity index (χ4n) is 5.82. The molecule has 1 aromatic rings. The second-order valence-electron chi connectivity index (χ2n) is 13.3. The van der Waals surface area contributed by atoms with Gasteiger partial charge in [-0.05, 0) is 70.4 Å². The molecule has 0 aliphatic carbocycles. The summed E-state index contributed by atoms with van der Waals surface area (Å²) in [5.41, 5.74) is -1.51. The number of Topliss-reactive ketones (excluding diaryl/α,β-unsaturated/α-hetero) is 1. The zero-order valence-corrected chi connectivity index (χ0v) is 29.1. The molecule has 1 aliphatic heterocycles. The van der Waals surface area contributed by atoms with Crippen LogP contribution >= 0.6 is 11.3 Å². The second kappa shape index (κ2) is 13.0. The van der Waals surface area contributed by atoms with Gasteiger partial charge in [0.15, 0.2) is 15.6 Å². The van der Waals surface area contributed by atoms with Gasteiger partial charge in [0, 0.05) is 11.6 Å². The normalized spacial score (nSPS) is 23.3. The first kappa shape index (κ1) is 36.3. The third-order valence-corrected chi connectivity index (χ3v) is 14.7. The highest BCUT2D eigenvalue weighted by Crippen LogP contribution is 2.43. The van der Waals surface area contributed by atoms with Crippen LogP contribution in [0.15, 0.2) is 14.5 Å². The number of aliphatic hydroxyl groups is 1.